The van der Waals surface area contributed by atoms with Crippen molar-refractivity contribution in [3.63, 3.8) is 0 Å². The lowest BCUT2D eigenvalue weighted by atomic mass is 9.91. The Morgan fingerprint density at radius 1 is 1.54 bits per heavy atom. The van der Waals surface area contributed by atoms with Gasteiger partial charge in [-0.05, 0) is 12.8 Å². The summed E-state index contributed by atoms with van der Waals surface area (Å²) in [6.07, 6.45) is 3.49. The zero-order valence-corrected chi connectivity index (χ0v) is 7.66. The van der Waals surface area contributed by atoms with E-state index >= 15 is 0 Å². The molecule has 3 heterocycles. The van der Waals surface area contributed by atoms with E-state index in [1.165, 1.54) is 7.11 Å². The first-order chi connectivity index (χ1) is 6.29. The molecule has 4 nitrogen and oxygen atoms in total. The maximum atomic E-state index is 10.9. The molecule has 0 aromatic rings. The number of fused-ring (bicyclic) bond motifs is 2. The number of piperidine rings is 1. The van der Waals surface area contributed by atoms with Gasteiger partial charge in [-0.1, -0.05) is 0 Å². The lowest BCUT2D eigenvalue weighted by Crippen LogP contribution is -2.37. The third-order valence-electron chi connectivity index (χ3n) is 2.61. The molecule has 13 heavy (non-hydrogen) atoms. The van der Waals surface area contributed by atoms with E-state index in [9.17, 15) is 4.79 Å². The Hall–Kier alpha value is -1.19. The van der Waals surface area contributed by atoms with Crippen molar-refractivity contribution in [2.75, 3.05) is 20.2 Å². The number of hydrogen-bond donors (Lipinski definition) is 0. The Morgan fingerprint density at radius 3 is 2.69 bits per heavy atom. The van der Waals surface area contributed by atoms with Crippen molar-refractivity contribution in [3.05, 3.63) is 12.0 Å². The molecule has 3 aliphatic heterocycles. The van der Waals surface area contributed by atoms with Gasteiger partial charge in [-0.2, -0.15) is 0 Å². The smallest absolute Gasteiger partial charge is 0.437 e. The zero-order chi connectivity index (χ0) is 9.26. The van der Waals surface area contributed by atoms with Gasteiger partial charge >= 0.3 is 6.16 Å². The molecule has 0 aromatic heterocycles. The van der Waals surface area contributed by atoms with Crippen molar-refractivity contribution in [3.8, 4) is 0 Å². The van der Waals surface area contributed by atoms with E-state index in [1.807, 2.05) is 6.20 Å². The molecule has 0 aliphatic carbocycles. The van der Waals surface area contributed by atoms with Crippen molar-refractivity contribution in [2.45, 2.75) is 12.8 Å². The molecule has 0 saturated carbocycles. The maximum absolute atomic E-state index is 10.9. The summed E-state index contributed by atoms with van der Waals surface area (Å²) in [6, 6.07) is 0. The molecular formula is C9H13NO3. The number of carbonyl (C=O) groups excluding carboxylic acids is 1. The molecule has 2 bridgehead atoms. The summed E-state index contributed by atoms with van der Waals surface area (Å²) in [5.74, 6) is 1.19. The van der Waals surface area contributed by atoms with Gasteiger partial charge in [0.1, 0.15) is 5.76 Å². The monoisotopic (exact) mass is 183 g/mol. The highest BCUT2D eigenvalue weighted by Gasteiger charge is 2.29. The molecular weight excluding hydrogens is 170 g/mol. The fraction of sp³-hybridized carbons (Fsp3) is 0.667. The van der Waals surface area contributed by atoms with Crippen LogP contribution in [0, 0.1) is 5.92 Å². The molecule has 0 unspecified atom stereocenters. The van der Waals surface area contributed by atoms with Gasteiger partial charge in [0.15, 0.2) is 0 Å². The Bertz CT molecular complexity index is 241. The predicted octanol–water partition coefficient (Wildman–Crippen LogP) is 1.34. The largest absolute Gasteiger partial charge is 0.513 e. The first-order valence-corrected chi connectivity index (χ1v) is 4.51. The van der Waals surface area contributed by atoms with E-state index in [0.29, 0.717) is 5.92 Å². The highest BCUT2D eigenvalue weighted by Crippen LogP contribution is 2.31. The SMILES string of the molecule is COC(=O)OC1=CN2CCC1CC2. The maximum Gasteiger partial charge on any atom is 0.513 e. The van der Waals surface area contributed by atoms with Crippen molar-refractivity contribution in [1.82, 2.24) is 4.90 Å². The number of hydrogen-bond acceptors (Lipinski definition) is 4. The van der Waals surface area contributed by atoms with E-state index in [2.05, 4.69) is 9.64 Å². The highest BCUT2D eigenvalue weighted by atomic mass is 16.7. The lowest BCUT2D eigenvalue weighted by molar-refractivity contribution is 0.0709. The van der Waals surface area contributed by atoms with E-state index in [-0.39, 0.29) is 0 Å². The van der Waals surface area contributed by atoms with Crippen LogP contribution in [0.3, 0.4) is 0 Å². The van der Waals surface area contributed by atoms with Gasteiger partial charge in [0.25, 0.3) is 0 Å². The van der Waals surface area contributed by atoms with Crippen LogP contribution in [0.15, 0.2) is 12.0 Å². The summed E-state index contributed by atoms with van der Waals surface area (Å²) in [5, 5.41) is 0. The average Bonchev–Trinajstić information content (AvgIpc) is 2.19. The Labute approximate surface area is 77.1 Å². The molecule has 0 spiro atoms. The van der Waals surface area contributed by atoms with Crippen LogP contribution in [-0.4, -0.2) is 31.3 Å². The van der Waals surface area contributed by atoms with Crippen LogP contribution in [0.4, 0.5) is 4.79 Å². The van der Waals surface area contributed by atoms with Gasteiger partial charge in [-0.3, -0.25) is 0 Å². The number of ether oxygens (including phenoxy) is 2. The normalized spacial score (nSPS) is 21.3. The Kier molecular flexibility index (Phi) is 2.12. The van der Waals surface area contributed by atoms with Crippen molar-refractivity contribution < 1.29 is 14.3 Å². The fourth-order valence-corrected chi connectivity index (χ4v) is 1.85. The van der Waals surface area contributed by atoms with Crippen LogP contribution in [0.25, 0.3) is 0 Å². The third kappa shape index (κ3) is 1.61. The summed E-state index contributed by atoms with van der Waals surface area (Å²) in [4.78, 5) is 13.0. The van der Waals surface area contributed by atoms with Crippen LogP contribution in [0.1, 0.15) is 12.8 Å². The van der Waals surface area contributed by atoms with E-state index in [4.69, 9.17) is 4.74 Å². The standard InChI is InChI=1S/C9H13NO3/c1-12-9(11)13-8-6-10-4-2-7(8)3-5-10/h6-7H,2-5H2,1H3. The average molecular weight is 183 g/mol. The van der Waals surface area contributed by atoms with E-state index in [1.54, 1.807) is 0 Å². The first-order valence-electron chi connectivity index (χ1n) is 4.51. The molecule has 3 rings (SSSR count). The minimum absolute atomic E-state index is 0.420. The molecule has 0 radical (unpaired) electrons. The number of rotatable bonds is 1. The van der Waals surface area contributed by atoms with Crippen LogP contribution >= 0.6 is 0 Å². The van der Waals surface area contributed by atoms with Gasteiger partial charge in [0.05, 0.1) is 7.11 Å². The highest BCUT2D eigenvalue weighted by molar-refractivity contribution is 5.61. The van der Waals surface area contributed by atoms with Gasteiger partial charge < -0.3 is 14.4 Å². The summed E-state index contributed by atoms with van der Waals surface area (Å²) in [7, 11) is 1.32. The first kappa shape index (κ1) is 8.41. The van der Waals surface area contributed by atoms with Crippen molar-refractivity contribution >= 4 is 6.16 Å². The molecule has 1 saturated heterocycles. The minimum atomic E-state index is -0.611. The van der Waals surface area contributed by atoms with Crippen molar-refractivity contribution in [2.24, 2.45) is 5.92 Å². The third-order valence-corrected chi connectivity index (χ3v) is 2.61. The topological polar surface area (TPSA) is 38.8 Å². The van der Waals surface area contributed by atoms with Crippen molar-refractivity contribution in [1.29, 1.82) is 0 Å². The zero-order valence-electron chi connectivity index (χ0n) is 7.66. The van der Waals surface area contributed by atoms with Gasteiger partial charge in [0, 0.05) is 25.2 Å². The van der Waals surface area contributed by atoms with Gasteiger partial charge in [-0.15, -0.1) is 0 Å². The number of methoxy groups -OCH3 is 1. The Balaban J connectivity index is 2.03. The second-order valence-corrected chi connectivity index (χ2v) is 3.40. The van der Waals surface area contributed by atoms with Gasteiger partial charge in [-0.25, -0.2) is 4.79 Å². The fourth-order valence-electron chi connectivity index (χ4n) is 1.85. The molecule has 0 aromatic carbocycles. The quantitative estimate of drug-likeness (QED) is 0.575. The predicted molar refractivity (Wildman–Crippen MR) is 45.9 cm³/mol. The second-order valence-electron chi connectivity index (χ2n) is 3.40. The molecule has 1 fully saturated rings. The number of carbonyl (C=O) groups is 1. The van der Waals surface area contributed by atoms with Crippen LogP contribution < -0.4 is 0 Å². The summed E-state index contributed by atoms with van der Waals surface area (Å²) in [6.45, 7) is 2.16. The van der Waals surface area contributed by atoms with E-state index < -0.39 is 6.16 Å². The molecule has 3 aliphatic rings. The Morgan fingerprint density at radius 2 is 2.23 bits per heavy atom. The molecule has 4 heteroatoms. The summed E-state index contributed by atoms with van der Waals surface area (Å²) >= 11 is 0. The van der Waals surface area contributed by atoms with Crippen LogP contribution in [0.5, 0.6) is 0 Å². The second kappa shape index (κ2) is 3.28. The summed E-state index contributed by atoms with van der Waals surface area (Å²) < 4.78 is 9.47. The number of nitrogens with zero attached hydrogens (tertiary/aromatic N) is 1. The molecule has 72 valence electrons. The molecule has 0 N–H and O–H groups in total. The summed E-state index contributed by atoms with van der Waals surface area (Å²) in [5.41, 5.74) is 0. The van der Waals surface area contributed by atoms with Crippen LogP contribution in [-0.2, 0) is 9.47 Å². The van der Waals surface area contributed by atoms with Crippen LogP contribution in [0.2, 0.25) is 0 Å². The lowest BCUT2D eigenvalue weighted by Gasteiger charge is -2.37. The van der Waals surface area contributed by atoms with E-state index in [0.717, 1.165) is 31.7 Å². The number of allylic oxidation sites excluding steroid dienone is 1. The molecule has 0 amide bonds. The van der Waals surface area contributed by atoms with Gasteiger partial charge in [0.2, 0.25) is 0 Å². The molecule has 0 atom stereocenters. The minimum Gasteiger partial charge on any atom is -0.437 e.